The van der Waals surface area contributed by atoms with Gasteiger partial charge in [0.25, 0.3) is 0 Å². The molecule has 0 aromatic heterocycles. The average molecular weight is 204 g/mol. The van der Waals surface area contributed by atoms with Crippen LogP contribution in [0.15, 0.2) is 0 Å². The van der Waals surface area contributed by atoms with E-state index in [0.29, 0.717) is 6.42 Å². The van der Waals surface area contributed by atoms with E-state index in [9.17, 15) is 13.0 Å². The molecule has 0 radical (unpaired) electrons. The van der Waals surface area contributed by atoms with Gasteiger partial charge in [-0.3, -0.25) is 4.18 Å². The van der Waals surface area contributed by atoms with Gasteiger partial charge in [-0.05, 0) is 11.8 Å². The van der Waals surface area contributed by atoms with Crippen molar-refractivity contribution in [3.8, 4) is 0 Å². The van der Waals surface area contributed by atoms with Crippen molar-refractivity contribution < 1.29 is 46.7 Å². The molecule has 0 amide bonds. The number of rotatable bonds is 3. The summed E-state index contributed by atoms with van der Waals surface area (Å²) in [4.78, 5) is 0. The van der Waals surface area contributed by atoms with Gasteiger partial charge in [-0.25, -0.2) is 8.42 Å². The average Bonchev–Trinajstić information content (AvgIpc) is 1.55. The third-order valence-corrected chi connectivity index (χ3v) is 1.54. The van der Waals surface area contributed by atoms with E-state index in [0.717, 1.165) is 0 Å². The zero-order valence-electron chi connectivity index (χ0n) is 7.96. The first-order valence-electron chi connectivity index (χ1n) is 3.31. The Hall–Kier alpha value is 0.870. The molecule has 0 aromatic rings. The second-order valence-corrected chi connectivity index (χ2v) is 4.59. The van der Waals surface area contributed by atoms with Crippen molar-refractivity contribution in [1.82, 2.24) is 0 Å². The van der Waals surface area contributed by atoms with Crippen LogP contribution in [0.2, 0.25) is 0 Å². The van der Waals surface area contributed by atoms with E-state index in [1.165, 1.54) is 0 Å². The second kappa shape index (κ2) is 5.57. The van der Waals surface area contributed by atoms with Crippen LogP contribution in [0.25, 0.3) is 0 Å². The maximum absolute atomic E-state index is 9.94. The van der Waals surface area contributed by atoms with Crippen molar-refractivity contribution in [2.75, 3.05) is 6.61 Å². The Kier molecular flexibility index (Phi) is 7.12. The molecule has 0 unspecified atom stereocenters. The van der Waals surface area contributed by atoms with Gasteiger partial charge in [-0.1, -0.05) is 20.8 Å². The van der Waals surface area contributed by atoms with Crippen LogP contribution in [0, 0.1) is 5.41 Å². The van der Waals surface area contributed by atoms with Gasteiger partial charge in [0.1, 0.15) is 0 Å². The SMILES string of the molecule is CC(C)(C)CCOS(=O)(=O)[O-].[Na+]. The van der Waals surface area contributed by atoms with E-state index in [4.69, 9.17) is 0 Å². The molecule has 0 saturated heterocycles. The molecule has 4 nitrogen and oxygen atoms in total. The van der Waals surface area contributed by atoms with Gasteiger partial charge in [0, 0.05) is 0 Å². The quantitative estimate of drug-likeness (QED) is 0.300. The fraction of sp³-hybridized carbons (Fsp3) is 1.00. The second-order valence-electron chi connectivity index (χ2n) is 3.54. The van der Waals surface area contributed by atoms with Crippen LogP contribution in [-0.4, -0.2) is 19.6 Å². The van der Waals surface area contributed by atoms with Crippen LogP contribution in [0.4, 0.5) is 0 Å². The molecule has 0 aliphatic carbocycles. The summed E-state index contributed by atoms with van der Waals surface area (Å²) in [6, 6.07) is 0. The van der Waals surface area contributed by atoms with Crippen LogP contribution in [0.1, 0.15) is 27.2 Å². The summed E-state index contributed by atoms with van der Waals surface area (Å²) < 4.78 is 33.8. The molecule has 6 heteroatoms. The minimum atomic E-state index is -4.50. The van der Waals surface area contributed by atoms with Crippen molar-refractivity contribution in [3.63, 3.8) is 0 Å². The minimum absolute atomic E-state index is 0. The zero-order valence-corrected chi connectivity index (χ0v) is 10.8. The van der Waals surface area contributed by atoms with Crippen molar-refractivity contribution in [2.45, 2.75) is 27.2 Å². The van der Waals surface area contributed by atoms with Gasteiger partial charge in [0.15, 0.2) is 0 Å². The molecule has 0 aliphatic rings. The van der Waals surface area contributed by atoms with Gasteiger partial charge >= 0.3 is 29.6 Å². The standard InChI is InChI=1S/C6H14O4S.Na/c1-6(2,3)4-5-10-11(7,8)9;/h4-5H2,1-3H3,(H,7,8,9);/q;+1/p-1. The largest absolute Gasteiger partial charge is 1.00 e. The summed E-state index contributed by atoms with van der Waals surface area (Å²) in [5.41, 5.74) is -0.00924. The molecule has 0 rings (SSSR count). The topological polar surface area (TPSA) is 66.4 Å². The van der Waals surface area contributed by atoms with Crippen LogP contribution < -0.4 is 29.6 Å². The van der Waals surface area contributed by atoms with Crippen LogP contribution in [0.3, 0.4) is 0 Å². The molecular formula is C6H13NaO4S. The first-order valence-corrected chi connectivity index (χ1v) is 4.64. The first-order chi connectivity index (χ1) is 4.71. The normalized spacial score (nSPS) is 12.3. The summed E-state index contributed by atoms with van der Waals surface area (Å²) in [6.45, 7) is 5.78. The van der Waals surface area contributed by atoms with Gasteiger partial charge in [0.05, 0.1) is 6.61 Å². The molecule has 0 N–H and O–H groups in total. The third-order valence-electron chi connectivity index (χ3n) is 1.08. The molecule has 12 heavy (non-hydrogen) atoms. The molecule has 0 atom stereocenters. The zero-order chi connectivity index (χ0) is 9.12. The maximum atomic E-state index is 9.94. The summed E-state index contributed by atoms with van der Waals surface area (Å²) in [5, 5.41) is 0. The fourth-order valence-electron chi connectivity index (χ4n) is 0.450. The Morgan fingerprint density at radius 2 is 1.75 bits per heavy atom. The van der Waals surface area contributed by atoms with E-state index in [2.05, 4.69) is 4.18 Å². The maximum Gasteiger partial charge on any atom is 1.00 e. The van der Waals surface area contributed by atoms with Crippen LogP contribution in [-0.2, 0) is 14.6 Å². The van der Waals surface area contributed by atoms with Crippen molar-refractivity contribution >= 4 is 10.4 Å². The van der Waals surface area contributed by atoms with E-state index in [1.54, 1.807) is 0 Å². The number of hydrogen-bond acceptors (Lipinski definition) is 4. The van der Waals surface area contributed by atoms with Gasteiger partial charge in [-0.2, -0.15) is 0 Å². The Bertz CT molecular complexity index is 204. The van der Waals surface area contributed by atoms with Gasteiger partial charge in [-0.15, -0.1) is 0 Å². The molecule has 68 valence electrons. The Labute approximate surface area is 95.9 Å². The van der Waals surface area contributed by atoms with Gasteiger partial charge < -0.3 is 4.55 Å². The Morgan fingerprint density at radius 1 is 1.33 bits per heavy atom. The van der Waals surface area contributed by atoms with E-state index < -0.39 is 10.4 Å². The van der Waals surface area contributed by atoms with E-state index in [-0.39, 0.29) is 41.6 Å². The summed E-state index contributed by atoms with van der Waals surface area (Å²) in [7, 11) is -4.50. The Balaban J connectivity index is 0. The Morgan fingerprint density at radius 3 is 2.00 bits per heavy atom. The predicted octanol–water partition coefficient (Wildman–Crippen LogP) is -2.10. The predicted molar refractivity (Wildman–Crippen MR) is 39.7 cm³/mol. The van der Waals surface area contributed by atoms with Crippen LogP contribution >= 0.6 is 0 Å². The molecule has 0 bridgehead atoms. The van der Waals surface area contributed by atoms with E-state index >= 15 is 0 Å². The molecule has 0 aromatic carbocycles. The van der Waals surface area contributed by atoms with E-state index in [1.807, 2.05) is 20.8 Å². The third kappa shape index (κ3) is 13.5. The van der Waals surface area contributed by atoms with Crippen molar-refractivity contribution in [3.05, 3.63) is 0 Å². The first kappa shape index (κ1) is 15.3. The smallest absolute Gasteiger partial charge is 0.726 e. The van der Waals surface area contributed by atoms with Crippen molar-refractivity contribution in [2.24, 2.45) is 5.41 Å². The molecule has 0 aliphatic heterocycles. The molecule has 0 fully saturated rings. The molecule has 0 saturated carbocycles. The fourth-order valence-corrected chi connectivity index (χ4v) is 0.737. The summed E-state index contributed by atoms with van der Waals surface area (Å²) in [6.07, 6.45) is 0.550. The number of hydrogen-bond donors (Lipinski definition) is 0. The monoisotopic (exact) mass is 204 g/mol. The minimum Gasteiger partial charge on any atom is -0.726 e. The molecular weight excluding hydrogens is 191 g/mol. The van der Waals surface area contributed by atoms with Crippen LogP contribution in [0.5, 0.6) is 0 Å². The summed E-state index contributed by atoms with van der Waals surface area (Å²) >= 11 is 0. The van der Waals surface area contributed by atoms with Gasteiger partial charge in [0.2, 0.25) is 10.4 Å². The van der Waals surface area contributed by atoms with Crippen molar-refractivity contribution in [1.29, 1.82) is 0 Å². The molecule has 0 heterocycles. The summed E-state index contributed by atoms with van der Waals surface area (Å²) in [5.74, 6) is 0. The molecule has 0 spiro atoms.